The van der Waals surface area contributed by atoms with Crippen molar-refractivity contribution in [3.05, 3.63) is 47.0 Å². The minimum absolute atomic E-state index is 0.225. The smallest absolute Gasteiger partial charge is 0.311 e. The van der Waals surface area contributed by atoms with Gasteiger partial charge in [-0.25, -0.2) is 0 Å². The Hall–Kier alpha value is -2.41. The van der Waals surface area contributed by atoms with Crippen molar-refractivity contribution in [2.75, 3.05) is 26.5 Å². The van der Waals surface area contributed by atoms with E-state index >= 15 is 0 Å². The number of fused-ring (bicyclic) bond motifs is 2. The molecule has 7 heteroatoms. The van der Waals surface area contributed by atoms with Gasteiger partial charge in [0.05, 0.1) is 0 Å². The minimum Gasteiger partial charge on any atom is -0.422 e. The maximum Gasteiger partial charge on any atom is 0.311 e. The first kappa shape index (κ1) is 24.2. The van der Waals surface area contributed by atoms with E-state index in [-0.39, 0.29) is 30.5 Å². The first-order valence-corrected chi connectivity index (χ1v) is 11.8. The van der Waals surface area contributed by atoms with Crippen LogP contribution in [0.2, 0.25) is 0 Å². The third-order valence-corrected chi connectivity index (χ3v) is 6.00. The largest absolute Gasteiger partial charge is 0.422 e. The van der Waals surface area contributed by atoms with Crippen LogP contribution in [0.1, 0.15) is 48.9 Å². The van der Waals surface area contributed by atoms with E-state index in [4.69, 9.17) is 15.2 Å². The molecule has 2 aliphatic rings. The van der Waals surface area contributed by atoms with Gasteiger partial charge in [-0.1, -0.05) is 31.2 Å². The van der Waals surface area contributed by atoms with Crippen molar-refractivity contribution >= 4 is 23.5 Å². The van der Waals surface area contributed by atoms with Crippen LogP contribution in [0.3, 0.4) is 0 Å². The summed E-state index contributed by atoms with van der Waals surface area (Å²) >= 11 is 4.64. The van der Waals surface area contributed by atoms with Gasteiger partial charge < -0.3 is 15.2 Å². The second-order valence-electron chi connectivity index (χ2n) is 7.95. The highest BCUT2D eigenvalue weighted by Crippen LogP contribution is 2.50. The quantitative estimate of drug-likeness (QED) is 0.396. The molecule has 2 aromatic rings. The van der Waals surface area contributed by atoms with Gasteiger partial charge in [0.1, 0.15) is 0 Å². The fraction of sp³-hybridized carbons (Fsp3) is 0.440. The van der Waals surface area contributed by atoms with Crippen LogP contribution in [0, 0.1) is 0 Å². The zero-order chi connectivity index (χ0) is 23.3. The molecule has 2 N–H and O–H groups in total. The Morgan fingerprint density at radius 1 is 1.12 bits per heavy atom. The zero-order valence-corrected chi connectivity index (χ0v) is 19.7. The molecule has 1 atom stereocenters. The highest BCUT2D eigenvalue weighted by Gasteiger charge is 2.35. The van der Waals surface area contributed by atoms with Gasteiger partial charge in [-0.15, -0.1) is 11.6 Å². The molecule has 4 rings (SSSR count). The molecule has 0 spiro atoms. The lowest BCUT2D eigenvalue weighted by Crippen LogP contribution is -2.35. The fourth-order valence-corrected chi connectivity index (χ4v) is 4.44. The van der Waals surface area contributed by atoms with E-state index in [1.54, 1.807) is 13.0 Å². The summed E-state index contributed by atoms with van der Waals surface area (Å²) in [6.45, 7) is 3.19. The van der Waals surface area contributed by atoms with Crippen LogP contribution in [0.4, 0.5) is 0 Å². The second-order valence-corrected chi connectivity index (χ2v) is 7.95. The number of nitrogens with zero attached hydrogens (tertiary/aromatic N) is 1. The van der Waals surface area contributed by atoms with Crippen molar-refractivity contribution in [2.24, 2.45) is 5.73 Å². The van der Waals surface area contributed by atoms with Crippen LogP contribution >= 0.6 is 11.6 Å². The topological polar surface area (TPSA) is 81.9 Å². The van der Waals surface area contributed by atoms with E-state index in [0.29, 0.717) is 24.8 Å². The van der Waals surface area contributed by atoms with Crippen LogP contribution in [-0.2, 0) is 22.4 Å². The Morgan fingerprint density at radius 2 is 1.91 bits per heavy atom. The summed E-state index contributed by atoms with van der Waals surface area (Å²) in [5, 5.41) is 0. The second kappa shape index (κ2) is 10.9. The molecular formula is C25H31ClN2O4. The van der Waals surface area contributed by atoms with Crippen molar-refractivity contribution < 1.29 is 19.1 Å². The van der Waals surface area contributed by atoms with E-state index in [1.807, 2.05) is 6.07 Å². The molecule has 1 unspecified atom stereocenters. The fourth-order valence-electron chi connectivity index (χ4n) is 4.44. The average molecular weight is 459 g/mol. The number of carbonyl (C=O) groups is 2. The van der Waals surface area contributed by atoms with Crippen LogP contribution in [0.25, 0.3) is 11.1 Å². The number of benzene rings is 2. The molecule has 0 bridgehead atoms. The number of hydrogen-bond donors (Lipinski definition) is 1. The third-order valence-electron chi connectivity index (χ3n) is 6.00. The first-order chi connectivity index (χ1) is 15.5. The maximum absolute atomic E-state index is 12.3. The molecule has 1 heterocycles. The van der Waals surface area contributed by atoms with Gasteiger partial charge in [0.15, 0.2) is 11.5 Å². The zero-order valence-electron chi connectivity index (χ0n) is 18.9. The molecule has 1 aliphatic carbocycles. The first-order valence-electron chi connectivity index (χ1n) is 11.0. The Bertz CT molecular complexity index is 992. The number of nitrogens with two attached hydrogens (primary N) is 1. The van der Waals surface area contributed by atoms with Crippen molar-refractivity contribution in [1.82, 2.24) is 4.90 Å². The van der Waals surface area contributed by atoms with Gasteiger partial charge in [0.25, 0.3) is 0 Å². The molecule has 0 saturated carbocycles. The van der Waals surface area contributed by atoms with Crippen LogP contribution in [-0.4, -0.2) is 43.4 Å². The summed E-state index contributed by atoms with van der Waals surface area (Å²) in [5.41, 5.74) is 11.1. The van der Waals surface area contributed by atoms with Gasteiger partial charge >= 0.3 is 11.9 Å². The Morgan fingerprint density at radius 3 is 2.62 bits per heavy atom. The number of rotatable bonds is 6. The number of hydrogen-bond acceptors (Lipinski definition) is 6. The Balaban J connectivity index is 0.00000141. The van der Waals surface area contributed by atoms with E-state index < -0.39 is 0 Å². The molecule has 0 fully saturated rings. The summed E-state index contributed by atoms with van der Waals surface area (Å²) in [5.74, 6) is -0.0947. The summed E-state index contributed by atoms with van der Waals surface area (Å²) in [6, 6.07) is 10.3. The van der Waals surface area contributed by atoms with Crippen molar-refractivity contribution in [3.8, 4) is 22.6 Å². The summed E-state index contributed by atoms with van der Waals surface area (Å²) in [6.07, 6.45) is 4.30. The van der Waals surface area contributed by atoms with Gasteiger partial charge in [-0.3, -0.25) is 14.5 Å². The molecule has 0 saturated heterocycles. The van der Waals surface area contributed by atoms with Crippen LogP contribution in [0.5, 0.6) is 11.5 Å². The van der Waals surface area contributed by atoms with Crippen molar-refractivity contribution in [1.29, 1.82) is 0 Å². The summed E-state index contributed by atoms with van der Waals surface area (Å²) in [4.78, 5) is 26.9. The normalized spacial score (nSPS) is 16.2. The Kier molecular flexibility index (Phi) is 8.29. The molecule has 0 amide bonds. The molecule has 172 valence electrons. The van der Waals surface area contributed by atoms with E-state index in [1.165, 1.54) is 17.5 Å². The molecular weight excluding hydrogens is 428 g/mol. The van der Waals surface area contributed by atoms with Gasteiger partial charge in [-0.2, -0.15) is 0 Å². The number of likely N-dealkylation sites (N-methyl/N-ethyl adjacent to an activating group) is 1. The third kappa shape index (κ3) is 4.82. The number of carbonyl (C=O) groups excluding carboxylic acids is 2. The predicted molar refractivity (Wildman–Crippen MR) is 126 cm³/mol. The standard InChI is InChI=1S/C24H28N2O4.CH3Cl/c1-3-20(27)30-24-19(29-21(28)8-5-12-25)10-9-16-14-18-22-15(11-13-26(18)2)6-4-7-17(22)23(16)24;1-2/h4,6-7,9-10,18H,3,5,8,11-14,25H2,1-2H3;1H3. The van der Waals surface area contributed by atoms with Crippen molar-refractivity contribution in [2.45, 2.75) is 45.1 Å². The highest BCUT2D eigenvalue weighted by molar-refractivity contribution is 6.15. The number of ether oxygens (including phenoxy) is 2. The average Bonchev–Trinajstić information content (AvgIpc) is 2.82. The van der Waals surface area contributed by atoms with Crippen molar-refractivity contribution in [3.63, 3.8) is 0 Å². The molecule has 6 nitrogen and oxygen atoms in total. The molecule has 0 radical (unpaired) electrons. The monoisotopic (exact) mass is 458 g/mol. The summed E-state index contributed by atoms with van der Waals surface area (Å²) in [7, 11) is 2.15. The van der Waals surface area contributed by atoms with Gasteiger partial charge in [-0.05, 0) is 61.2 Å². The lowest BCUT2D eigenvalue weighted by atomic mass is 9.77. The molecule has 1 aliphatic heterocycles. The molecule has 0 aromatic heterocycles. The molecule has 2 aromatic carbocycles. The number of halogens is 1. The predicted octanol–water partition coefficient (Wildman–Crippen LogP) is 4.25. The molecule has 32 heavy (non-hydrogen) atoms. The Labute approximate surface area is 194 Å². The van der Waals surface area contributed by atoms with E-state index in [0.717, 1.165) is 36.1 Å². The lowest BCUT2D eigenvalue weighted by molar-refractivity contribution is -0.137. The van der Waals surface area contributed by atoms with E-state index in [2.05, 4.69) is 41.7 Å². The maximum atomic E-state index is 12.3. The lowest BCUT2D eigenvalue weighted by Gasteiger charge is -2.40. The van der Waals surface area contributed by atoms with Gasteiger partial charge in [0.2, 0.25) is 0 Å². The number of alkyl halides is 1. The van der Waals surface area contributed by atoms with Gasteiger partial charge in [0, 0.05) is 37.4 Å². The van der Waals surface area contributed by atoms with Crippen LogP contribution in [0.15, 0.2) is 30.3 Å². The van der Waals surface area contributed by atoms with Crippen LogP contribution < -0.4 is 15.2 Å². The SMILES string of the molecule is CCC(=O)Oc1c(OC(=O)CCCN)ccc2c1-c1cccc3c1C(C2)N(C)CC3.CCl. The highest BCUT2D eigenvalue weighted by atomic mass is 35.5. The summed E-state index contributed by atoms with van der Waals surface area (Å²) < 4.78 is 11.4. The minimum atomic E-state index is -0.377. The number of esters is 2. The van der Waals surface area contributed by atoms with E-state index in [9.17, 15) is 9.59 Å².